The van der Waals surface area contributed by atoms with Gasteiger partial charge in [0.15, 0.2) is 0 Å². The fraction of sp³-hybridized carbons (Fsp3) is 0.296. The van der Waals surface area contributed by atoms with E-state index in [4.69, 9.17) is 9.72 Å². The predicted molar refractivity (Wildman–Crippen MR) is 126 cm³/mol. The number of hydrogen-bond acceptors (Lipinski definition) is 3. The van der Waals surface area contributed by atoms with Crippen molar-refractivity contribution >= 4 is 11.0 Å². The number of halogens is 3. The zero-order valence-corrected chi connectivity index (χ0v) is 18.8. The second kappa shape index (κ2) is 9.24. The van der Waals surface area contributed by atoms with Crippen molar-refractivity contribution in [2.45, 2.75) is 31.2 Å². The van der Waals surface area contributed by atoms with Gasteiger partial charge >= 0.3 is 6.18 Å². The summed E-state index contributed by atoms with van der Waals surface area (Å²) in [6.07, 6.45) is -2.79. The zero-order chi connectivity index (χ0) is 23.7. The highest BCUT2D eigenvalue weighted by Gasteiger charge is 2.30. The number of benzene rings is 3. The van der Waals surface area contributed by atoms with Gasteiger partial charge in [-0.15, -0.1) is 0 Å². The highest BCUT2D eigenvalue weighted by atomic mass is 19.4. The van der Waals surface area contributed by atoms with Crippen LogP contribution < -0.4 is 0 Å². The number of para-hydroxylation sites is 2. The highest BCUT2D eigenvalue weighted by molar-refractivity contribution is 5.75. The van der Waals surface area contributed by atoms with E-state index in [0.29, 0.717) is 0 Å². The molecule has 4 aromatic rings. The maximum Gasteiger partial charge on any atom is 0.416 e. The summed E-state index contributed by atoms with van der Waals surface area (Å²) in [6.45, 7) is 1.95. The normalized spacial score (nSPS) is 16.7. The number of alkyl halides is 3. The molecule has 176 valence electrons. The molecule has 1 unspecified atom stereocenters. The first kappa shape index (κ1) is 22.6. The lowest BCUT2D eigenvalue weighted by Gasteiger charge is -2.31. The molecule has 0 bridgehead atoms. The van der Waals surface area contributed by atoms with Crippen molar-refractivity contribution < 1.29 is 17.9 Å². The molecule has 7 heteroatoms. The molecule has 1 fully saturated rings. The van der Waals surface area contributed by atoms with E-state index in [1.165, 1.54) is 12.1 Å². The van der Waals surface area contributed by atoms with E-state index in [0.717, 1.165) is 71.6 Å². The molecule has 1 saturated heterocycles. The van der Waals surface area contributed by atoms with E-state index in [9.17, 15) is 13.2 Å². The number of nitrogens with one attached hydrogen (secondary N) is 1. The van der Waals surface area contributed by atoms with Gasteiger partial charge in [0.25, 0.3) is 0 Å². The zero-order valence-electron chi connectivity index (χ0n) is 18.8. The number of likely N-dealkylation sites (tertiary alicyclic amines) is 1. The van der Waals surface area contributed by atoms with E-state index in [2.05, 4.69) is 16.9 Å². The van der Waals surface area contributed by atoms with Crippen molar-refractivity contribution in [1.82, 2.24) is 14.9 Å². The molecule has 5 rings (SSSR count). The molecule has 0 saturated carbocycles. The maximum absolute atomic E-state index is 13.0. The van der Waals surface area contributed by atoms with E-state index in [-0.39, 0.29) is 6.10 Å². The second-order valence-electron chi connectivity index (χ2n) is 8.86. The minimum absolute atomic E-state index is 0.101. The van der Waals surface area contributed by atoms with Gasteiger partial charge in [0.2, 0.25) is 0 Å². The van der Waals surface area contributed by atoms with E-state index in [1.807, 2.05) is 48.5 Å². The molecule has 3 aromatic carbocycles. The summed E-state index contributed by atoms with van der Waals surface area (Å²) < 4.78 is 45.6. The monoisotopic (exact) mass is 465 g/mol. The van der Waals surface area contributed by atoms with E-state index in [1.54, 1.807) is 0 Å². The van der Waals surface area contributed by atoms with Crippen LogP contribution in [0.15, 0.2) is 72.8 Å². The van der Waals surface area contributed by atoms with Crippen LogP contribution >= 0.6 is 0 Å². The molecule has 1 aromatic heterocycles. The number of ether oxygens (including phenoxy) is 1. The van der Waals surface area contributed by atoms with Crippen molar-refractivity contribution in [1.29, 1.82) is 0 Å². The molecule has 0 aliphatic carbocycles. The number of H-pyrrole nitrogens is 1. The van der Waals surface area contributed by atoms with Crippen molar-refractivity contribution in [3.63, 3.8) is 0 Å². The quantitative estimate of drug-likeness (QED) is 0.368. The minimum Gasteiger partial charge on any atom is -0.362 e. The Morgan fingerprint density at radius 1 is 0.941 bits per heavy atom. The Morgan fingerprint density at radius 3 is 2.38 bits per heavy atom. The van der Waals surface area contributed by atoms with Gasteiger partial charge in [-0.3, -0.25) is 0 Å². The number of hydrogen-bond donors (Lipinski definition) is 1. The number of piperidine rings is 1. The first-order valence-corrected chi connectivity index (χ1v) is 11.4. The summed E-state index contributed by atoms with van der Waals surface area (Å²) in [7, 11) is 2.11. The van der Waals surface area contributed by atoms with Crippen LogP contribution in [-0.4, -0.2) is 41.1 Å². The molecular formula is C27H26F3N3O. The average molecular weight is 466 g/mol. The third-order valence-corrected chi connectivity index (χ3v) is 6.39. The number of nitrogens with zero attached hydrogens (tertiary/aromatic N) is 2. The van der Waals surface area contributed by atoms with Gasteiger partial charge in [-0.25, -0.2) is 4.98 Å². The Morgan fingerprint density at radius 2 is 1.68 bits per heavy atom. The number of aromatic nitrogens is 2. The Bertz CT molecular complexity index is 1230. The van der Waals surface area contributed by atoms with E-state index >= 15 is 0 Å². The van der Waals surface area contributed by atoms with E-state index < -0.39 is 17.8 Å². The average Bonchev–Trinajstić information content (AvgIpc) is 3.27. The summed E-state index contributed by atoms with van der Waals surface area (Å²) in [5.41, 5.74) is 3.62. The lowest BCUT2D eigenvalue weighted by Crippen LogP contribution is -2.35. The molecule has 2 heterocycles. The van der Waals surface area contributed by atoms with Crippen LogP contribution in [-0.2, 0) is 10.9 Å². The largest absolute Gasteiger partial charge is 0.416 e. The first-order chi connectivity index (χ1) is 16.4. The Labute approximate surface area is 196 Å². The Balaban J connectivity index is 1.49. The van der Waals surface area contributed by atoms with Crippen LogP contribution in [0.25, 0.3) is 22.2 Å². The summed E-state index contributed by atoms with van der Waals surface area (Å²) in [6, 6.07) is 20.9. The number of rotatable bonds is 5. The van der Waals surface area contributed by atoms with Crippen LogP contribution in [0.4, 0.5) is 13.2 Å². The molecule has 0 spiro atoms. The first-order valence-electron chi connectivity index (χ1n) is 11.4. The highest BCUT2D eigenvalue weighted by Crippen LogP contribution is 2.34. The van der Waals surface area contributed by atoms with Gasteiger partial charge in [0, 0.05) is 13.1 Å². The third kappa shape index (κ3) is 4.86. The van der Waals surface area contributed by atoms with Gasteiger partial charge in [0.05, 0.1) is 22.7 Å². The smallest absolute Gasteiger partial charge is 0.362 e. The van der Waals surface area contributed by atoms with Crippen molar-refractivity contribution in [3.8, 4) is 11.1 Å². The standard InChI is InChI=1S/C27H26F3N3O/c1-33-15-13-22(14-16-33)34-25(26-31-23-7-2-3-8-24(23)32-26)20-6-4-5-19(17-20)18-9-11-21(12-10-18)27(28,29)30/h2-12,17,22,25H,13-16H2,1H3,(H,31,32). The lowest BCUT2D eigenvalue weighted by molar-refractivity contribution is -0.137. The topological polar surface area (TPSA) is 41.1 Å². The van der Waals surface area contributed by atoms with Crippen LogP contribution in [0.2, 0.25) is 0 Å². The Kier molecular flexibility index (Phi) is 6.15. The molecule has 1 atom stereocenters. The molecule has 0 amide bonds. The van der Waals surface area contributed by atoms with Crippen LogP contribution in [0.3, 0.4) is 0 Å². The fourth-order valence-electron chi connectivity index (χ4n) is 4.44. The lowest BCUT2D eigenvalue weighted by atomic mass is 9.99. The van der Waals surface area contributed by atoms with Crippen LogP contribution in [0.5, 0.6) is 0 Å². The predicted octanol–water partition coefficient (Wildman–Crippen LogP) is 6.45. The number of fused-ring (bicyclic) bond motifs is 1. The molecule has 0 radical (unpaired) electrons. The SMILES string of the molecule is CN1CCC(OC(c2cccc(-c3ccc(C(F)(F)F)cc3)c2)c2nc3ccccc3[nH]2)CC1. The van der Waals surface area contributed by atoms with Crippen molar-refractivity contribution in [3.05, 3.63) is 89.7 Å². The van der Waals surface area contributed by atoms with Gasteiger partial charge in [-0.2, -0.15) is 13.2 Å². The van der Waals surface area contributed by atoms with Crippen LogP contribution in [0.1, 0.15) is 35.9 Å². The molecule has 1 aliphatic rings. The molecule has 4 nitrogen and oxygen atoms in total. The van der Waals surface area contributed by atoms with Crippen LogP contribution in [0, 0.1) is 0 Å². The van der Waals surface area contributed by atoms with Gasteiger partial charge in [-0.05, 0) is 66.9 Å². The molecule has 1 N–H and O–H groups in total. The molecule has 34 heavy (non-hydrogen) atoms. The fourth-order valence-corrected chi connectivity index (χ4v) is 4.44. The van der Waals surface area contributed by atoms with Crippen molar-refractivity contribution in [2.24, 2.45) is 0 Å². The number of aromatic amines is 1. The summed E-state index contributed by atoms with van der Waals surface area (Å²) in [4.78, 5) is 10.5. The summed E-state index contributed by atoms with van der Waals surface area (Å²) in [5, 5.41) is 0. The number of imidazole rings is 1. The third-order valence-electron chi connectivity index (χ3n) is 6.39. The molecule has 1 aliphatic heterocycles. The second-order valence-corrected chi connectivity index (χ2v) is 8.86. The summed E-state index contributed by atoms with van der Waals surface area (Å²) >= 11 is 0. The molecular weight excluding hydrogens is 439 g/mol. The van der Waals surface area contributed by atoms with Crippen molar-refractivity contribution in [2.75, 3.05) is 20.1 Å². The maximum atomic E-state index is 13.0. The minimum atomic E-state index is -4.35. The Hall–Kier alpha value is -3.16. The van der Waals surface area contributed by atoms with Gasteiger partial charge in [-0.1, -0.05) is 42.5 Å². The van der Waals surface area contributed by atoms with Gasteiger partial charge in [0.1, 0.15) is 11.9 Å². The van der Waals surface area contributed by atoms with Gasteiger partial charge < -0.3 is 14.6 Å². The summed E-state index contributed by atoms with van der Waals surface area (Å²) in [5.74, 6) is 0.727.